The average molecular weight is 390 g/mol. The summed E-state index contributed by atoms with van der Waals surface area (Å²) in [4.78, 5) is 6.37. The quantitative estimate of drug-likeness (QED) is 0.541. The Morgan fingerprint density at radius 3 is 2.28 bits per heavy atom. The minimum Gasteiger partial charge on any atom is -0.489 e. The third-order valence-corrected chi connectivity index (χ3v) is 5.04. The smallest absolute Gasteiger partial charge is 0.119 e. The van der Waals surface area contributed by atoms with E-state index in [4.69, 9.17) is 4.74 Å². The number of hydrogen-bond acceptors (Lipinski definition) is 4. The van der Waals surface area contributed by atoms with Gasteiger partial charge in [0.05, 0.1) is 0 Å². The Kier molecular flexibility index (Phi) is 7.79. The van der Waals surface area contributed by atoms with Gasteiger partial charge in [-0.1, -0.05) is 36.4 Å². The SMILES string of the molecule is CC(C)N(C)Cc1cccc(CNCc2ccc(OCc3ccncc3)cc2)c1. The number of pyridine rings is 1. The first-order valence-electron chi connectivity index (χ1n) is 10.2. The lowest BCUT2D eigenvalue weighted by molar-refractivity contribution is 0.266. The van der Waals surface area contributed by atoms with Gasteiger partial charge in [-0.15, -0.1) is 0 Å². The molecule has 1 aromatic heterocycles. The fourth-order valence-corrected chi connectivity index (χ4v) is 3.01. The maximum absolute atomic E-state index is 5.83. The van der Waals surface area contributed by atoms with Gasteiger partial charge in [-0.2, -0.15) is 0 Å². The van der Waals surface area contributed by atoms with E-state index in [1.807, 2.05) is 24.3 Å². The van der Waals surface area contributed by atoms with Crippen LogP contribution in [0.25, 0.3) is 0 Å². The number of nitrogens with zero attached hydrogens (tertiary/aromatic N) is 2. The maximum atomic E-state index is 5.83. The second-order valence-electron chi connectivity index (χ2n) is 7.72. The van der Waals surface area contributed by atoms with Crippen molar-refractivity contribution in [2.24, 2.45) is 0 Å². The Balaban J connectivity index is 1.44. The summed E-state index contributed by atoms with van der Waals surface area (Å²) in [6.45, 7) is 7.68. The van der Waals surface area contributed by atoms with Crippen LogP contribution in [0.5, 0.6) is 5.75 Å². The summed E-state index contributed by atoms with van der Waals surface area (Å²) >= 11 is 0. The van der Waals surface area contributed by atoms with Crippen LogP contribution in [-0.4, -0.2) is 23.0 Å². The largest absolute Gasteiger partial charge is 0.489 e. The summed E-state index contributed by atoms with van der Waals surface area (Å²) < 4.78 is 5.83. The van der Waals surface area contributed by atoms with Crippen molar-refractivity contribution < 1.29 is 4.74 Å². The average Bonchev–Trinajstić information content (AvgIpc) is 2.74. The molecule has 0 aliphatic carbocycles. The number of aromatic nitrogens is 1. The molecule has 0 amide bonds. The van der Waals surface area contributed by atoms with Crippen LogP contribution in [0.3, 0.4) is 0 Å². The zero-order valence-electron chi connectivity index (χ0n) is 17.6. The van der Waals surface area contributed by atoms with E-state index < -0.39 is 0 Å². The van der Waals surface area contributed by atoms with Gasteiger partial charge >= 0.3 is 0 Å². The van der Waals surface area contributed by atoms with Gasteiger partial charge in [0, 0.05) is 38.1 Å². The van der Waals surface area contributed by atoms with E-state index >= 15 is 0 Å². The van der Waals surface area contributed by atoms with Gasteiger partial charge in [-0.25, -0.2) is 0 Å². The van der Waals surface area contributed by atoms with Gasteiger partial charge in [0.2, 0.25) is 0 Å². The molecule has 3 rings (SSSR count). The topological polar surface area (TPSA) is 37.4 Å². The van der Waals surface area contributed by atoms with E-state index in [0.717, 1.165) is 30.9 Å². The van der Waals surface area contributed by atoms with Gasteiger partial charge in [-0.3, -0.25) is 9.88 Å². The normalized spacial score (nSPS) is 11.2. The highest BCUT2D eigenvalue weighted by atomic mass is 16.5. The van der Waals surface area contributed by atoms with Crippen molar-refractivity contribution in [1.82, 2.24) is 15.2 Å². The van der Waals surface area contributed by atoms with Crippen LogP contribution < -0.4 is 10.1 Å². The molecule has 1 heterocycles. The summed E-state index contributed by atoms with van der Waals surface area (Å²) in [6, 6.07) is 21.6. The molecular formula is C25H31N3O. The summed E-state index contributed by atoms with van der Waals surface area (Å²) in [5.41, 5.74) is 5.04. The first-order chi connectivity index (χ1) is 14.1. The standard InChI is InChI=1S/C25H31N3O/c1-20(2)28(3)18-24-6-4-5-23(15-24)17-27-16-21-7-9-25(10-8-21)29-19-22-11-13-26-14-12-22/h4-15,20,27H,16-19H2,1-3H3. The van der Waals surface area contributed by atoms with E-state index in [9.17, 15) is 0 Å². The molecular weight excluding hydrogens is 358 g/mol. The molecule has 0 aliphatic heterocycles. The van der Waals surface area contributed by atoms with Crippen LogP contribution in [0.4, 0.5) is 0 Å². The third-order valence-electron chi connectivity index (χ3n) is 5.04. The second kappa shape index (κ2) is 10.7. The number of benzene rings is 2. The fourth-order valence-electron chi connectivity index (χ4n) is 3.01. The van der Waals surface area contributed by atoms with Crippen molar-refractivity contribution >= 4 is 0 Å². The van der Waals surface area contributed by atoms with Crippen molar-refractivity contribution in [3.05, 3.63) is 95.3 Å². The molecule has 1 N–H and O–H groups in total. The summed E-state index contributed by atoms with van der Waals surface area (Å²) in [7, 11) is 2.17. The molecule has 0 fully saturated rings. The monoisotopic (exact) mass is 389 g/mol. The summed E-state index contributed by atoms with van der Waals surface area (Å²) in [5, 5.41) is 3.54. The van der Waals surface area contributed by atoms with Crippen LogP contribution in [0, 0.1) is 0 Å². The predicted molar refractivity (Wildman–Crippen MR) is 119 cm³/mol. The Morgan fingerprint density at radius 2 is 1.55 bits per heavy atom. The van der Waals surface area contributed by atoms with E-state index in [-0.39, 0.29) is 0 Å². The van der Waals surface area contributed by atoms with Crippen LogP contribution >= 0.6 is 0 Å². The molecule has 4 heteroatoms. The summed E-state index contributed by atoms with van der Waals surface area (Å²) in [6.07, 6.45) is 3.57. The van der Waals surface area contributed by atoms with Crippen LogP contribution in [0.15, 0.2) is 73.1 Å². The zero-order valence-corrected chi connectivity index (χ0v) is 17.6. The minimum absolute atomic E-state index is 0.549. The van der Waals surface area contributed by atoms with E-state index in [1.165, 1.54) is 16.7 Å². The fraction of sp³-hybridized carbons (Fsp3) is 0.320. The Labute approximate surface area is 174 Å². The lowest BCUT2D eigenvalue weighted by Gasteiger charge is -2.21. The van der Waals surface area contributed by atoms with Gasteiger partial charge in [-0.05, 0) is 67.4 Å². The molecule has 2 aromatic carbocycles. The molecule has 0 saturated carbocycles. The first-order valence-corrected chi connectivity index (χ1v) is 10.2. The Hall–Kier alpha value is -2.69. The van der Waals surface area contributed by atoms with Crippen molar-refractivity contribution in [1.29, 1.82) is 0 Å². The van der Waals surface area contributed by atoms with Gasteiger partial charge in [0.25, 0.3) is 0 Å². The Bertz CT molecular complexity index is 863. The predicted octanol–water partition coefficient (Wildman–Crippen LogP) is 4.79. The van der Waals surface area contributed by atoms with Crippen molar-refractivity contribution in [2.45, 2.75) is 46.1 Å². The van der Waals surface area contributed by atoms with Gasteiger partial charge in [0.15, 0.2) is 0 Å². The molecule has 0 bridgehead atoms. The molecule has 0 atom stereocenters. The molecule has 152 valence electrons. The highest BCUT2D eigenvalue weighted by Gasteiger charge is 2.05. The van der Waals surface area contributed by atoms with E-state index in [2.05, 4.69) is 72.5 Å². The highest BCUT2D eigenvalue weighted by Crippen LogP contribution is 2.14. The number of hydrogen-bond donors (Lipinski definition) is 1. The van der Waals surface area contributed by atoms with Gasteiger partial charge in [0.1, 0.15) is 12.4 Å². The molecule has 0 spiro atoms. The molecule has 0 saturated heterocycles. The third kappa shape index (κ3) is 7.00. The van der Waals surface area contributed by atoms with Crippen LogP contribution in [-0.2, 0) is 26.2 Å². The number of nitrogens with one attached hydrogen (secondary N) is 1. The zero-order chi connectivity index (χ0) is 20.5. The lowest BCUT2D eigenvalue weighted by Crippen LogP contribution is -2.25. The molecule has 4 nitrogen and oxygen atoms in total. The van der Waals surface area contributed by atoms with Crippen LogP contribution in [0.2, 0.25) is 0 Å². The summed E-state index contributed by atoms with van der Waals surface area (Å²) in [5.74, 6) is 0.882. The molecule has 0 aliphatic rings. The number of ether oxygens (including phenoxy) is 1. The second-order valence-corrected chi connectivity index (χ2v) is 7.72. The number of rotatable bonds is 10. The Morgan fingerprint density at radius 1 is 0.862 bits per heavy atom. The minimum atomic E-state index is 0.549. The highest BCUT2D eigenvalue weighted by molar-refractivity contribution is 5.28. The molecule has 0 unspecified atom stereocenters. The first kappa shape index (κ1) is 21.0. The molecule has 0 radical (unpaired) electrons. The van der Waals surface area contributed by atoms with Gasteiger partial charge < -0.3 is 10.1 Å². The van der Waals surface area contributed by atoms with Crippen LogP contribution in [0.1, 0.15) is 36.1 Å². The van der Waals surface area contributed by atoms with Crippen molar-refractivity contribution in [3.63, 3.8) is 0 Å². The van der Waals surface area contributed by atoms with E-state index in [1.54, 1.807) is 12.4 Å². The molecule has 3 aromatic rings. The van der Waals surface area contributed by atoms with Crippen molar-refractivity contribution in [3.8, 4) is 5.75 Å². The molecule has 29 heavy (non-hydrogen) atoms. The van der Waals surface area contributed by atoms with E-state index in [0.29, 0.717) is 12.6 Å². The van der Waals surface area contributed by atoms with Crippen molar-refractivity contribution in [2.75, 3.05) is 7.05 Å². The lowest BCUT2D eigenvalue weighted by atomic mass is 10.1. The maximum Gasteiger partial charge on any atom is 0.119 e.